The Hall–Kier alpha value is -3.13. The van der Waals surface area contributed by atoms with Crippen LogP contribution >= 0.6 is 0 Å². The number of aromatic nitrogens is 1. The predicted molar refractivity (Wildman–Crippen MR) is 118 cm³/mol. The van der Waals surface area contributed by atoms with Crippen molar-refractivity contribution in [3.63, 3.8) is 0 Å². The summed E-state index contributed by atoms with van der Waals surface area (Å²) in [5.41, 5.74) is 4.37. The number of nitrogens with one attached hydrogen (secondary N) is 2. The molecule has 2 aliphatic heterocycles. The van der Waals surface area contributed by atoms with Crippen molar-refractivity contribution in [2.75, 3.05) is 33.2 Å². The predicted octanol–water partition coefficient (Wildman–Crippen LogP) is 2.55. The molecule has 0 unspecified atom stereocenters. The first-order chi connectivity index (χ1) is 14.8. The second-order valence-electron chi connectivity index (χ2n) is 8.40. The lowest BCUT2D eigenvalue weighted by atomic mass is 9.95. The molecule has 3 amide bonds. The third-order valence-corrected chi connectivity index (χ3v) is 5.70. The minimum atomic E-state index is -0.359. The van der Waals surface area contributed by atoms with Crippen molar-refractivity contribution in [2.24, 2.45) is 0 Å². The van der Waals surface area contributed by atoms with Crippen LogP contribution in [0.15, 0.2) is 24.3 Å². The van der Waals surface area contributed by atoms with Crippen molar-refractivity contribution in [3.8, 4) is 0 Å². The number of ether oxygens (including phenoxy) is 1. The molecule has 8 heteroatoms. The number of carbonyl (C=O) groups is 3. The number of amides is 3. The maximum atomic E-state index is 12.8. The molecule has 3 heterocycles. The molecule has 0 bridgehead atoms. The smallest absolute Gasteiger partial charge is 0.355 e. The summed E-state index contributed by atoms with van der Waals surface area (Å²) in [5.74, 6) is -0.564. The van der Waals surface area contributed by atoms with Crippen molar-refractivity contribution in [1.82, 2.24) is 20.1 Å². The quantitative estimate of drug-likeness (QED) is 0.549. The number of urea groups is 1. The van der Waals surface area contributed by atoms with Crippen LogP contribution in [0.3, 0.4) is 0 Å². The first-order valence-electron chi connectivity index (χ1n) is 10.6. The van der Waals surface area contributed by atoms with Gasteiger partial charge in [-0.1, -0.05) is 12.1 Å². The largest absolute Gasteiger partial charge is 0.458 e. The number of hydrogen-bond acceptors (Lipinski definition) is 5. The molecule has 0 aliphatic carbocycles. The summed E-state index contributed by atoms with van der Waals surface area (Å²) in [5, 5.41) is 3.50. The molecule has 0 atom stereocenters. The number of imide groups is 1. The Kier molecular flexibility index (Phi) is 5.82. The van der Waals surface area contributed by atoms with Gasteiger partial charge < -0.3 is 19.9 Å². The number of aromatic amines is 1. The number of nitrogens with zero attached hydrogens (tertiary/aromatic N) is 2. The Labute approximate surface area is 181 Å². The van der Waals surface area contributed by atoms with E-state index in [1.165, 1.54) is 4.90 Å². The van der Waals surface area contributed by atoms with E-state index in [9.17, 15) is 14.4 Å². The molecule has 1 aromatic heterocycles. The fourth-order valence-electron chi connectivity index (χ4n) is 4.07. The van der Waals surface area contributed by atoms with E-state index in [4.69, 9.17) is 4.74 Å². The molecule has 8 nitrogen and oxygen atoms in total. The van der Waals surface area contributed by atoms with Gasteiger partial charge in [0, 0.05) is 36.1 Å². The van der Waals surface area contributed by atoms with Crippen LogP contribution in [0, 0.1) is 0 Å². The molecule has 31 heavy (non-hydrogen) atoms. The highest BCUT2D eigenvalue weighted by atomic mass is 16.5. The Bertz CT molecular complexity index is 1050. The summed E-state index contributed by atoms with van der Waals surface area (Å²) in [6.07, 6.45) is 3.35. The molecule has 2 aliphatic rings. The number of fused-ring (bicyclic) bond motifs is 1. The summed E-state index contributed by atoms with van der Waals surface area (Å²) in [6.45, 7) is 5.80. The highest BCUT2D eigenvalue weighted by molar-refractivity contribution is 6.05. The van der Waals surface area contributed by atoms with E-state index in [1.54, 1.807) is 0 Å². The summed E-state index contributed by atoms with van der Waals surface area (Å²) in [4.78, 5) is 43.2. The molecule has 1 aromatic carbocycles. The van der Waals surface area contributed by atoms with Crippen molar-refractivity contribution >= 4 is 34.4 Å². The molecule has 0 saturated carbocycles. The highest BCUT2D eigenvalue weighted by Crippen LogP contribution is 2.33. The van der Waals surface area contributed by atoms with Crippen LogP contribution in [-0.2, 0) is 16.0 Å². The molecule has 1 saturated heterocycles. The van der Waals surface area contributed by atoms with Crippen LogP contribution in [0.1, 0.15) is 41.9 Å². The topological polar surface area (TPSA) is 94.7 Å². The Morgan fingerprint density at radius 2 is 2.06 bits per heavy atom. The van der Waals surface area contributed by atoms with Crippen LogP contribution in [0.2, 0.25) is 0 Å². The van der Waals surface area contributed by atoms with Crippen LogP contribution in [0.4, 0.5) is 4.79 Å². The van der Waals surface area contributed by atoms with Gasteiger partial charge in [-0.05, 0) is 57.0 Å². The molecule has 2 N–H and O–H groups in total. The van der Waals surface area contributed by atoms with Gasteiger partial charge in [-0.15, -0.1) is 0 Å². The first kappa shape index (κ1) is 21.1. The second-order valence-corrected chi connectivity index (χ2v) is 8.40. The zero-order chi connectivity index (χ0) is 22.1. The van der Waals surface area contributed by atoms with Crippen LogP contribution in [0.5, 0.6) is 0 Å². The van der Waals surface area contributed by atoms with Gasteiger partial charge in [0.1, 0.15) is 5.69 Å². The van der Waals surface area contributed by atoms with E-state index in [1.807, 2.05) is 32.0 Å². The number of hydrogen-bond donors (Lipinski definition) is 2. The van der Waals surface area contributed by atoms with Gasteiger partial charge >= 0.3 is 12.0 Å². The Balaban J connectivity index is 1.69. The minimum absolute atomic E-state index is 0.0593. The third kappa shape index (κ3) is 4.34. The summed E-state index contributed by atoms with van der Waals surface area (Å²) < 4.78 is 5.49. The van der Waals surface area contributed by atoms with Gasteiger partial charge in [-0.3, -0.25) is 9.69 Å². The van der Waals surface area contributed by atoms with Crippen molar-refractivity contribution in [2.45, 2.75) is 32.8 Å². The van der Waals surface area contributed by atoms with Crippen LogP contribution < -0.4 is 5.32 Å². The average Bonchev–Trinajstić information content (AvgIpc) is 3.26. The molecule has 164 valence electrons. The number of benzene rings is 1. The Morgan fingerprint density at radius 1 is 1.26 bits per heavy atom. The van der Waals surface area contributed by atoms with E-state index in [2.05, 4.69) is 28.3 Å². The fourth-order valence-corrected chi connectivity index (χ4v) is 4.07. The number of carbonyl (C=O) groups excluding carboxylic acids is 3. The first-order valence-corrected chi connectivity index (χ1v) is 10.6. The zero-order valence-corrected chi connectivity index (χ0v) is 18.2. The minimum Gasteiger partial charge on any atom is -0.458 e. The lowest BCUT2D eigenvalue weighted by Gasteiger charge is -2.22. The molecular formula is C23H28N4O4. The van der Waals surface area contributed by atoms with Gasteiger partial charge in [0.2, 0.25) is 5.91 Å². The number of likely N-dealkylation sites (N-methyl/N-ethyl adjacent to an activating group) is 1. The standard InChI is InChI=1S/C23H28N4O4/c1-14(2)31-22(29)21-20(16-7-9-26(3)10-8-16)17-12-15(4-5-18(17)25-21)6-11-27-19(28)13-24-23(27)30/h4-5,7,12,14,25H,6,8-11,13H2,1-3H3,(H,24,30). The third-order valence-electron chi connectivity index (χ3n) is 5.70. The molecule has 4 rings (SSSR count). The van der Waals surface area contributed by atoms with Crippen LogP contribution in [-0.4, -0.2) is 72.0 Å². The van der Waals surface area contributed by atoms with Gasteiger partial charge in [-0.2, -0.15) is 0 Å². The van der Waals surface area contributed by atoms with E-state index in [0.717, 1.165) is 47.1 Å². The van der Waals surface area contributed by atoms with Crippen molar-refractivity contribution in [1.29, 1.82) is 0 Å². The lowest BCUT2D eigenvalue weighted by Crippen LogP contribution is -2.32. The van der Waals surface area contributed by atoms with Gasteiger partial charge in [0.25, 0.3) is 0 Å². The number of H-pyrrole nitrogens is 1. The molecule has 2 aromatic rings. The monoisotopic (exact) mass is 424 g/mol. The normalized spacial score (nSPS) is 17.4. The number of esters is 1. The van der Waals surface area contributed by atoms with E-state index < -0.39 is 0 Å². The van der Waals surface area contributed by atoms with Gasteiger partial charge in [0.15, 0.2) is 0 Å². The van der Waals surface area contributed by atoms with E-state index in [-0.39, 0.29) is 30.6 Å². The Morgan fingerprint density at radius 3 is 2.71 bits per heavy atom. The molecule has 0 spiro atoms. The van der Waals surface area contributed by atoms with Crippen molar-refractivity contribution < 1.29 is 19.1 Å². The maximum absolute atomic E-state index is 12.8. The van der Waals surface area contributed by atoms with E-state index >= 15 is 0 Å². The summed E-state index contributed by atoms with van der Waals surface area (Å²) in [6, 6.07) is 5.61. The lowest BCUT2D eigenvalue weighted by molar-refractivity contribution is -0.124. The second kappa shape index (κ2) is 8.55. The maximum Gasteiger partial charge on any atom is 0.355 e. The van der Waals surface area contributed by atoms with Crippen LogP contribution in [0.25, 0.3) is 16.5 Å². The summed E-state index contributed by atoms with van der Waals surface area (Å²) >= 11 is 0. The SMILES string of the molecule is CC(C)OC(=O)c1[nH]c2ccc(CCN3C(=O)CNC3=O)cc2c1C1=CCN(C)CC1. The van der Waals surface area contributed by atoms with Gasteiger partial charge in [-0.25, -0.2) is 9.59 Å². The van der Waals surface area contributed by atoms with Gasteiger partial charge in [0.05, 0.1) is 12.6 Å². The highest BCUT2D eigenvalue weighted by Gasteiger charge is 2.28. The fraction of sp³-hybridized carbons (Fsp3) is 0.435. The van der Waals surface area contributed by atoms with E-state index in [0.29, 0.717) is 18.7 Å². The zero-order valence-electron chi connectivity index (χ0n) is 18.2. The number of rotatable bonds is 6. The summed E-state index contributed by atoms with van der Waals surface area (Å²) in [7, 11) is 2.07. The molecule has 0 radical (unpaired) electrons. The average molecular weight is 425 g/mol. The molecular weight excluding hydrogens is 396 g/mol. The van der Waals surface area contributed by atoms with Crippen molar-refractivity contribution in [3.05, 3.63) is 41.1 Å². The molecule has 1 fully saturated rings.